The van der Waals surface area contributed by atoms with Gasteiger partial charge in [0.2, 0.25) is 0 Å². The molecule has 0 bridgehead atoms. The number of aromatic hydroxyl groups is 1. The van der Waals surface area contributed by atoms with E-state index in [4.69, 9.17) is 9.47 Å². The number of hydrogen-bond donors (Lipinski definition) is 1. The van der Waals surface area contributed by atoms with Gasteiger partial charge in [0, 0.05) is 12.2 Å². The molecule has 0 saturated carbocycles. The van der Waals surface area contributed by atoms with Crippen LogP contribution in [0.1, 0.15) is 43.1 Å². The number of phenolic OH excluding ortho intramolecular Hbond substituents is 1. The van der Waals surface area contributed by atoms with Crippen molar-refractivity contribution in [2.75, 3.05) is 31.1 Å². The first-order chi connectivity index (χ1) is 11.4. The molecule has 25 heavy (non-hydrogen) atoms. The van der Waals surface area contributed by atoms with Crippen molar-refractivity contribution in [1.82, 2.24) is 0 Å². The van der Waals surface area contributed by atoms with Crippen LogP contribution in [0.25, 0.3) is 0 Å². The predicted molar refractivity (Wildman–Crippen MR) is 103 cm³/mol. The van der Waals surface area contributed by atoms with Gasteiger partial charge in [-0.1, -0.05) is 6.07 Å². The van der Waals surface area contributed by atoms with E-state index in [1.807, 2.05) is 20.8 Å². The molecule has 5 nitrogen and oxygen atoms in total. The topological polar surface area (TPSA) is 72.8 Å². The smallest absolute Gasteiger partial charge is 0.338 e. The van der Waals surface area contributed by atoms with Gasteiger partial charge in [-0.15, -0.1) is 0 Å². The van der Waals surface area contributed by atoms with Gasteiger partial charge in [-0.2, -0.15) is 0 Å². The van der Waals surface area contributed by atoms with Crippen molar-refractivity contribution in [3.8, 4) is 5.75 Å². The van der Waals surface area contributed by atoms with Gasteiger partial charge >= 0.3 is 11.9 Å². The first-order valence-electron chi connectivity index (χ1n) is 8.24. The van der Waals surface area contributed by atoms with Crippen LogP contribution in [-0.4, -0.2) is 53.8 Å². The molecular formula is C19H30O5S. The normalized spacial score (nSPS) is 12.6. The SMILES string of the molecule is CC(C)(C)OC(=O)CCc1ccc(O)cc1C(=O)OCCS(C)(C)C. The summed E-state index contributed by atoms with van der Waals surface area (Å²) in [7, 11) is -0.747. The van der Waals surface area contributed by atoms with Gasteiger partial charge in [0.1, 0.15) is 11.4 Å². The molecule has 0 unspecified atom stereocenters. The van der Waals surface area contributed by atoms with Crippen molar-refractivity contribution in [2.24, 2.45) is 0 Å². The molecule has 0 aliphatic carbocycles. The minimum Gasteiger partial charge on any atom is -0.508 e. The fourth-order valence-corrected chi connectivity index (χ4v) is 2.65. The molecular weight excluding hydrogens is 340 g/mol. The Hall–Kier alpha value is -1.69. The second-order valence-electron chi connectivity index (χ2n) is 7.86. The van der Waals surface area contributed by atoms with Crippen molar-refractivity contribution in [3.63, 3.8) is 0 Å². The van der Waals surface area contributed by atoms with Crippen LogP contribution < -0.4 is 0 Å². The Morgan fingerprint density at radius 2 is 1.80 bits per heavy atom. The average molecular weight is 371 g/mol. The summed E-state index contributed by atoms with van der Waals surface area (Å²) in [6, 6.07) is 4.53. The molecule has 0 amide bonds. The Labute approximate surface area is 152 Å². The third-order valence-corrected chi connectivity index (χ3v) is 4.65. The number of benzene rings is 1. The maximum Gasteiger partial charge on any atom is 0.338 e. The summed E-state index contributed by atoms with van der Waals surface area (Å²) < 4.78 is 10.6. The lowest BCUT2D eigenvalue weighted by atomic mass is 10.0. The second kappa shape index (κ2) is 8.61. The molecule has 0 heterocycles. The molecule has 1 aromatic rings. The van der Waals surface area contributed by atoms with Crippen molar-refractivity contribution < 1.29 is 24.2 Å². The molecule has 0 spiro atoms. The molecule has 1 rings (SSSR count). The summed E-state index contributed by atoms with van der Waals surface area (Å²) in [6.45, 7) is 5.78. The summed E-state index contributed by atoms with van der Waals surface area (Å²) in [5, 5.41) is 9.68. The van der Waals surface area contributed by atoms with Crippen LogP contribution in [0.4, 0.5) is 0 Å². The van der Waals surface area contributed by atoms with Gasteiger partial charge in [0.05, 0.1) is 12.2 Å². The minimum atomic E-state index is -0.747. The van der Waals surface area contributed by atoms with E-state index in [2.05, 4.69) is 18.8 Å². The molecule has 1 aromatic carbocycles. The molecule has 142 valence electrons. The predicted octanol–water partition coefficient (Wildman–Crippen LogP) is 3.52. The van der Waals surface area contributed by atoms with Crippen LogP contribution in [0.2, 0.25) is 0 Å². The molecule has 0 aromatic heterocycles. The molecule has 0 fully saturated rings. The van der Waals surface area contributed by atoms with E-state index in [0.717, 1.165) is 5.75 Å². The second-order valence-corrected chi connectivity index (χ2v) is 12.4. The van der Waals surface area contributed by atoms with Gasteiger partial charge < -0.3 is 14.6 Å². The largest absolute Gasteiger partial charge is 0.508 e. The number of carbonyl (C=O) groups excluding carboxylic acids is 2. The molecule has 0 atom stereocenters. The molecule has 0 saturated heterocycles. The molecule has 0 aliphatic heterocycles. The fraction of sp³-hybridized carbons (Fsp3) is 0.579. The van der Waals surface area contributed by atoms with Crippen molar-refractivity contribution >= 4 is 22.0 Å². The van der Waals surface area contributed by atoms with E-state index in [9.17, 15) is 14.7 Å². The van der Waals surface area contributed by atoms with Crippen molar-refractivity contribution in [3.05, 3.63) is 29.3 Å². The molecule has 0 radical (unpaired) electrons. The summed E-state index contributed by atoms with van der Waals surface area (Å²) >= 11 is 0. The van der Waals surface area contributed by atoms with E-state index >= 15 is 0 Å². The first kappa shape index (κ1) is 21.4. The third kappa shape index (κ3) is 8.82. The first-order valence-corrected chi connectivity index (χ1v) is 11.3. The standard InChI is InChI=1S/C19H30O5S/c1-19(2,3)24-17(21)10-8-14-7-9-15(20)13-16(14)18(22)23-11-12-25(4,5)6/h7,9,13,20H,8,10-12H2,1-6H3. The van der Waals surface area contributed by atoms with Crippen LogP contribution >= 0.6 is 10.0 Å². The zero-order chi connectivity index (χ0) is 19.3. The van der Waals surface area contributed by atoms with Gasteiger partial charge in [-0.05, 0) is 63.7 Å². The van der Waals surface area contributed by atoms with Gasteiger partial charge in [-0.25, -0.2) is 14.8 Å². The van der Waals surface area contributed by atoms with Crippen molar-refractivity contribution in [2.45, 2.75) is 39.2 Å². The maximum atomic E-state index is 12.3. The molecule has 6 heteroatoms. The highest BCUT2D eigenvalue weighted by Crippen LogP contribution is 2.33. The summed E-state index contributed by atoms with van der Waals surface area (Å²) in [6.07, 6.45) is 6.98. The lowest BCUT2D eigenvalue weighted by molar-refractivity contribution is -0.154. The van der Waals surface area contributed by atoms with Gasteiger partial charge in [0.25, 0.3) is 0 Å². The molecule has 1 N–H and O–H groups in total. The van der Waals surface area contributed by atoms with E-state index < -0.39 is 21.6 Å². The lowest BCUT2D eigenvalue weighted by Gasteiger charge is -2.24. The van der Waals surface area contributed by atoms with Gasteiger partial charge in [0.15, 0.2) is 0 Å². The number of ether oxygens (including phenoxy) is 2. The number of hydrogen-bond acceptors (Lipinski definition) is 5. The fourth-order valence-electron chi connectivity index (χ4n) is 2.06. The Balaban J connectivity index is 2.75. The average Bonchev–Trinajstić information content (AvgIpc) is 2.42. The monoisotopic (exact) mass is 370 g/mol. The Morgan fingerprint density at radius 1 is 1.16 bits per heavy atom. The van der Waals surface area contributed by atoms with E-state index in [0.29, 0.717) is 24.2 Å². The van der Waals surface area contributed by atoms with Crippen LogP contribution in [0.3, 0.4) is 0 Å². The summed E-state index contributed by atoms with van der Waals surface area (Å²) in [5.41, 5.74) is 0.424. The number of rotatable bonds is 7. The zero-order valence-electron chi connectivity index (χ0n) is 16.0. The lowest BCUT2D eigenvalue weighted by Crippen LogP contribution is -2.24. The van der Waals surface area contributed by atoms with Gasteiger partial charge in [-0.3, -0.25) is 4.79 Å². The molecule has 0 aliphatic rings. The van der Waals surface area contributed by atoms with Crippen LogP contribution in [0.5, 0.6) is 5.75 Å². The van der Waals surface area contributed by atoms with E-state index in [-0.39, 0.29) is 18.1 Å². The quantitative estimate of drug-likeness (QED) is 0.744. The van der Waals surface area contributed by atoms with Crippen LogP contribution in [-0.2, 0) is 20.7 Å². The number of aryl methyl sites for hydroxylation is 1. The van der Waals surface area contributed by atoms with Crippen LogP contribution in [0.15, 0.2) is 18.2 Å². The highest BCUT2D eigenvalue weighted by molar-refractivity contribution is 8.32. The number of esters is 2. The minimum absolute atomic E-state index is 0.00517. The Morgan fingerprint density at radius 3 is 2.36 bits per heavy atom. The van der Waals surface area contributed by atoms with Crippen LogP contribution in [0, 0.1) is 0 Å². The van der Waals surface area contributed by atoms with E-state index in [1.54, 1.807) is 6.07 Å². The Bertz CT molecular complexity index is 611. The third-order valence-electron chi connectivity index (χ3n) is 3.26. The summed E-state index contributed by atoms with van der Waals surface area (Å²) in [5.74, 6) is 0.0227. The van der Waals surface area contributed by atoms with E-state index in [1.165, 1.54) is 12.1 Å². The summed E-state index contributed by atoms with van der Waals surface area (Å²) in [4.78, 5) is 24.2. The number of phenols is 1. The Kier molecular flexibility index (Phi) is 7.35. The zero-order valence-corrected chi connectivity index (χ0v) is 16.9. The number of carbonyl (C=O) groups is 2. The maximum absolute atomic E-state index is 12.3. The van der Waals surface area contributed by atoms with Crippen molar-refractivity contribution in [1.29, 1.82) is 0 Å². The highest BCUT2D eigenvalue weighted by Gasteiger charge is 2.19. The highest BCUT2D eigenvalue weighted by atomic mass is 32.3.